The van der Waals surface area contributed by atoms with Crippen LogP contribution < -0.4 is 0 Å². The van der Waals surface area contributed by atoms with Crippen LogP contribution in [0.2, 0.25) is 0 Å². The molecule has 1 saturated heterocycles. The second-order valence-corrected chi connectivity index (χ2v) is 3.03. The number of hydrogen-bond acceptors (Lipinski definition) is 1. The first kappa shape index (κ1) is 6.08. The van der Waals surface area contributed by atoms with Gasteiger partial charge in [-0.1, -0.05) is 15.9 Å². The quantitative estimate of drug-likeness (QED) is 0.399. The molecular weight excluding hydrogens is 170 g/mol. The molecule has 0 aromatic heterocycles. The second kappa shape index (κ2) is 2.05. The minimum absolute atomic E-state index is 0.242. The van der Waals surface area contributed by atoms with Crippen molar-refractivity contribution in [3.05, 3.63) is 0 Å². The van der Waals surface area contributed by atoms with Gasteiger partial charge in [-0.3, -0.25) is 4.79 Å². The molecule has 1 rings (SSSR count). The fourth-order valence-corrected chi connectivity index (χ4v) is 1.23. The van der Waals surface area contributed by atoms with E-state index in [1.807, 2.05) is 7.05 Å². The summed E-state index contributed by atoms with van der Waals surface area (Å²) in [5.41, 5.74) is 0. The van der Waals surface area contributed by atoms with E-state index in [9.17, 15) is 4.79 Å². The number of rotatable bonds is 0. The van der Waals surface area contributed by atoms with Crippen LogP contribution in [-0.4, -0.2) is 22.8 Å². The SMILES string of the molecule is CN1C(=O)CCC1Br. The molecule has 1 amide bonds. The van der Waals surface area contributed by atoms with Crippen molar-refractivity contribution in [3.63, 3.8) is 0 Å². The summed E-state index contributed by atoms with van der Waals surface area (Å²) in [6, 6.07) is 0. The van der Waals surface area contributed by atoms with Crippen LogP contribution in [0.15, 0.2) is 0 Å². The summed E-state index contributed by atoms with van der Waals surface area (Å²) in [5.74, 6) is 0.242. The number of carbonyl (C=O) groups is 1. The van der Waals surface area contributed by atoms with Gasteiger partial charge in [0.1, 0.15) is 0 Å². The minimum Gasteiger partial charge on any atom is -0.333 e. The zero-order chi connectivity index (χ0) is 6.15. The van der Waals surface area contributed by atoms with Crippen molar-refractivity contribution in [2.75, 3.05) is 7.05 Å². The van der Waals surface area contributed by atoms with Gasteiger partial charge in [-0.25, -0.2) is 0 Å². The zero-order valence-electron chi connectivity index (χ0n) is 4.72. The Labute approximate surface area is 57.0 Å². The highest BCUT2D eigenvalue weighted by atomic mass is 79.9. The Morgan fingerprint density at radius 3 is 2.62 bits per heavy atom. The van der Waals surface area contributed by atoms with Crippen molar-refractivity contribution < 1.29 is 4.79 Å². The normalized spacial score (nSPS) is 29.5. The summed E-state index contributed by atoms with van der Waals surface area (Å²) in [6.45, 7) is 0. The molecule has 0 saturated carbocycles. The molecule has 2 nitrogen and oxygen atoms in total. The molecule has 46 valence electrons. The van der Waals surface area contributed by atoms with E-state index in [1.54, 1.807) is 4.90 Å². The highest BCUT2D eigenvalue weighted by molar-refractivity contribution is 9.09. The first-order valence-electron chi connectivity index (χ1n) is 2.61. The highest BCUT2D eigenvalue weighted by Gasteiger charge is 2.24. The lowest BCUT2D eigenvalue weighted by molar-refractivity contribution is -0.126. The molecule has 0 radical (unpaired) electrons. The summed E-state index contributed by atoms with van der Waals surface area (Å²) in [6.07, 6.45) is 1.65. The smallest absolute Gasteiger partial charge is 0.223 e. The van der Waals surface area contributed by atoms with E-state index in [-0.39, 0.29) is 10.9 Å². The van der Waals surface area contributed by atoms with Crippen molar-refractivity contribution in [1.82, 2.24) is 4.90 Å². The third-order valence-electron chi connectivity index (χ3n) is 1.41. The van der Waals surface area contributed by atoms with Crippen LogP contribution in [-0.2, 0) is 4.79 Å². The first-order valence-corrected chi connectivity index (χ1v) is 3.53. The third kappa shape index (κ3) is 0.869. The fraction of sp³-hybridized carbons (Fsp3) is 0.800. The molecule has 0 spiro atoms. The molecule has 1 aliphatic rings. The van der Waals surface area contributed by atoms with Gasteiger partial charge in [0.2, 0.25) is 5.91 Å². The molecule has 1 atom stereocenters. The van der Waals surface area contributed by atoms with Crippen LogP contribution in [0.3, 0.4) is 0 Å². The molecule has 0 aromatic carbocycles. The predicted molar refractivity (Wildman–Crippen MR) is 34.7 cm³/mol. The number of nitrogens with zero attached hydrogens (tertiary/aromatic N) is 1. The Balaban J connectivity index is 2.56. The molecular formula is C5H8BrNO. The number of halogens is 1. The van der Waals surface area contributed by atoms with Crippen LogP contribution >= 0.6 is 15.9 Å². The second-order valence-electron chi connectivity index (χ2n) is 1.98. The van der Waals surface area contributed by atoms with Gasteiger partial charge >= 0.3 is 0 Å². The Morgan fingerprint density at radius 1 is 1.88 bits per heavy atom. The van der Waals surface area contributed by atoms with Gasteiger partial charge in [-0.05, 0) is 6.42 Å². The van der Waals surface area contributed by atoms with Crippen molar-refractivity contribution in [2.24, 2.45) is 0 Å². The van der Waals surface area contributed by atoms with Crippen LogP contribution in [0.1, 0.15) is 12.8 Å². The van der Waals surface area contributed by atoms with Gasteiger partial charge in [0.15, 0.2) is 0 Å². The zero-order valence-corrected chi connectivity index (χ0v) is 6.31. The van der Waals surface area contributed by atoms with Crippen molar-refractivity contribution in [3.8, 4) is 0 Å². The average Bonchev–Trinajstić information content (AvgIpc) is 1.98. The number of alkyl halides is 1. The lowest BCUT2D eigenvalue weighted by atomic mass is 10.4. The molecule has 1 fully saturated rings. The Bertz CT molecular complexity index is 115. The van der Waals surface area contributed by atoms with Gasteiger partial charge in [0.05, 0.1) is 4.95 Å². The van der Waals surface area contributed by atoms with E-state index in [2.05, 4.69) is 15.9 Å². The monoisotopic (exact) mass is 177 g/mol. The van der Waals surface area contributed by atoms with Gasteiger partial charge < -0.3 is 4.90 Å². The number of hydrogen-bond donors (Lipinski definition) is 0. The number of likely N-dealkylation sites (tertiary alicyclic amines) is 1. The summed E-state index contributed by atoms with van der Waals surface area (Å²) in [4.78, 5) is 12.7. The predicted octanol–water partition coefficient (Wildman–Crippen LogP) is 0.960. The van der Waals surface area contributed by atoms with Crippen molar-refractivity contribution in [2.45, 2.75) is 17.8 Å². The van der Waals surface area contributed by atoms with Gasteiger partial charge in [-0.2, -0.15) is 0 Å². The van der Waals surface area contributed by atoms with E-state index in [4.69, 9.17) is 0 Å². The summed E-state index contributed by atoms with van der Waals surface area (Å²) >= 11 is 3.35. The number of carbonyl (C=O) groups excluding carboxylic acids is 1. The largest absolute Gasteiger partial charge is 0.333 e. The molecule has 0 aromatic rings. The maximum absolute atomic E-state index is 10.7. The molecule has 0 aliphatic carbocycles. The summed E-state index contributed by atoms with van der Waals surface area (Å²) < 4.78 is 0. The topological polar surface area (TPSA) is 20.3 Å². The molecule has 1 aliphatic heterocycles. The van der Waals surface area contributed by atoms with Crippen molar-refractivity contribution in [1.29, 1.82) is 0 Å². The Kier molecular flexibility index (Phi) is 1.56. The molecule has 0 N–H and O–H groups in total. The van der Waals surface area contributed by atoms with Crippen LogP contribution in [0.25, 0.3) is 0 Å². The molecule has 1 unspecified atom stereocenters. The maximum atomic E-state index is 10.7. The van der Waals surface area contributed by atoms with E-state index < -0.39 is 0 Å². The molecule has 3 heteroatoms. The first-order chi connectivity index (χ1) is 3.72. The van der Waals surface area contributed by atoms with Gasteiger partial charge in [0, 0.05) is 13.5 Å². The lowest BCUT2D eigenvalue weighted by Gasteiger charge is -2.11. The summed E-state index contributed by atoms with van der Waals surface area (Å²) in [7, 11) is 1.81. The maximum Gasteiger partial charge on any atom is 0.223 e. The Morgan fingerprint density at radius 2 is 2.50 bits per heavy atom. The van der Waals surface area contributed by atoms with E-state index in [1.165, 1.54) is 0 Å². The highest BCUT2D eigenvalue weighted by Crippen LogP contribution is 2.20. The van der Waals surface area contributed by atoms with E-state index >= 15 is 0 Å². The summed E-state index contributed by atoms with van der Waals surface area (Å²) in [5, 5.41) is 0. The van der Waals surface area contributed by atoms with Gasteiger partial charge in [0.25, 0.3) is 0 Å². The lowest BCUT2D eigenvalue weighted by Crippen LogP contribution is -2.23. The fourth-order valence-electron chi connectivity index (χ4n) is 0.769. The molecule has 8 heavy (non-hydrogen) atoms. The average molecular weight is 178 g/mol. The van der Waals surface area contributed by atoms with E-state index in [0.29, 0.717) is 6.42 Å². The Hall–Kier alpha value is -0.0500. The van der Waals surface area contributed by atoms with Crippen molar-refractivity contribution >= 4 is 21.8 Å². The standard InChI is InChI=1S/C5H8BrNO/c1-7-4(6)2-3-5(7)8/h4H,2-3H2,1H3. The van der Waals surface area contributed by atoms with Gasteiger partial charge in [-0.15, -0.1) is 0 Å². The molecule has 0 bridgehead atoms. The van der Waals surface area contributed by atoms with E-state index in [0.717, 1.165) is 6.42 Å². The molecule has 1 heterocycles. The third-order valence-corrected chi connectivity index (χ3v) is 2.48. The number of amides is 1. The van der Waals surface area contributed by atoms with Crippen LogP contribution in [0.5, 0.6) is 0 Å². The minimum atomic E-state index is 0.242. The van der Waals surface area contributed by atoms with Crippen LogP contribution in [0, 0.1) is 0 Å². The van der Waals surface area contributed by atoms with Crippen LogP contribution in [0.4, 0.5) is 0 Å².